The topological polar surface area (TPSA) is 12.9 Å². The molecule has 0 spiro atoms. The van der Waals surface area contributed by atoms with Gasteiger partial charge in [0.2, 0.25) is 0 Å². The van der Waals surface area contributed by atoms with E-state index in [1.165, 1.54) is 28.1 Å². The predicted molar refractivity (Wildman–Crippen MR) is 73.2 cm³/mol. The van der Waals surface area contributed by atoms with Crippen molar-refractivity contribution in [2.24, 2.45) is 0 Å². The van der Waals surface area contributed by atoms with Gasteiger partial charge in [-0.3, -0.25) is 4.98 Å². The van der Waals surface area contributed by atoms with Gasteiger partial charge in [-0.1, -0.05) is 43.7 Å². The smallest absolute Gasteiger partial charge is 0.0708 e. The molecule has 1 nitrogen and oxygen atoms in total. The zero-order chi connectivity index (χ0) is 11.7. The maximum Gasteiger partial charge on any atom is 0.0708 e. The second-order valence-corrected chi connectivity index (χ2v) is 4.45. The van der Waals surface area contributed by atoms with E-state index in [0.717, 1.165) is 11.9 Å². The number of aryl methyl sites for hydroxylation is 1. The average molecular weight is 221 g/mol. The van der Waals surface area contributed by atoms with Crippen molar-refractivity contribution in [3.8, 4) is 0 Å². The highest BCUT2D eigenvalue weighted by Crippen LogP contribution is 2.24. The van der Waals surface area contributed by atoms with Gasteiger partial charge >= 0.3 is 0 Å². The number of hydrogen-bond acceptors (Lipinski definition) is 1. The molecule has 0 fully saturated rings. The number of rotatable bonds is 2. The van der Waals surface area contributed by atoms with Crippen LogP contribution in [0, 0.1) is 0 Å². The Kier molecular flexibility index (Phi) is 2.52. The van der Waals surface area contributed by atoms with Crippen LogP contribution in [-0.4, -0.2) is 4.98 Å². The van der Waals surface area contributed by atoms with Crippen molar-refractivity contribution in [2.75, 3.05) is 0 Å². The highest BCUT2D eigenvalue weighted by Gasteiger charge is 2.02. The summed E-state index contributed by atoms with van der Waals surface area (Å²) in [6.45, 7) is 2.21. The van der Waals surface area contributed by atoms with E-state index >= 15 is 0 Å². The number of pyridine rings is 1. The van der Waals surface area contributed by atoms with Gasteiger partial charge < -0.3 is 0 Å². The van der Waals surface area contributed by atoms with E-state index in [1.54, 1.807) is 0 Å². The van der Waals surface area contributed by atoms with Gasteiger partial charge in [0.05, 0.1) is 5.52 Å². The summed E-state index contributed by atoms with van der Waals surface area (Å²) < 4.78 is 0. The standard InChI is InChI=1S/C16H15N/c1-2-5-12-8-9-16-15(10-12)14-7-4-3-6-13(14)11-17-16/h3-4,6-11H,2,5H2,1H3. The molecule has 17 heavy (non-hydrogen) atoms. The largest absolute Gasteiger partial charge is 0.256 e. The third-order valence-electron chi connectivity index (χ3n) is 3.19. The summed E-state index contributed by atoms with van der Waals surface area (Å²) in [6, 6.07) is 15.1. The van der Waals surface area contributed by atoms with E-state index in [2.05, 4.69) is 54.4 Å². The van der Waals surface area contributed by atoms with Crippen molar-refractivity contribution in [3.63, 3.8) is 0 Å². The molecule has 1 heterocycles. The summed E-state index contributed by atoms with van der Waals surface area (Å²) in [7, 11) is 0. The Morgan fingerprint density at radius 1 is 1.00 bits per heavy atom. The lowest BCUT2D eigenvalue weighted by atomic mass is 10.0. The van der Waals surface area contributed by atoms with Crippen LogP contribution in [0.1, 0.15) is 18.9 Å². The Morgan fingerprint density at radius 2 is 1.88 bits per heavy atom. The fourth-order valence-corrected chi connectivity index (χ4v) is 2.35. The number of benzene rings is 2. The van der Waals surface area contributed by atoms with Crippen molar-refractivity contribution in [1.29, 1.82) is 0 Å². The fraction of sp³-hybridized carbons (Fsp3) is 0.188. The van der Waals surface area contributed by atoms with Crippen molar-refractivity contribution in [2.45, 2.75) is 19.8 Å². The van der Waals surface area contributed by atoms with E-state index in [1.807, 2.05) is 6.20 Å². The maximum absolute atomic E-state index is 4.51. The van der Waals surface area contributed by atoms with E-state index in [-0.39, 0.29) is 0 Å². The van der Waals surface area contributed by atoms with Gasteiger partial charge in [0, 0.05) is 17.0 Å². The molecule has 0 aliphatic carbocycles. The minimum Gasteiger partial charge on any atom is -0.256 e. The van der Waals surface area contributed by atoms with Gasteiger partial charge in [-0.15, -0.1) is 0 Å². The Balaban J connectivity index is 2.34. The summed E-state index contributed by atoms with van der Waals surface area (Å²) in [5, 5.41) is 3.79. The van der Waals surface area contributed by atoms with Crippen LogP contribution in [0.2, 0.25) is 0 Å². The number of nitrogens with zero attached hydrogens (tertiary/aromatic N) is 1. The van der Waals surface area contributed by atoms with E-state index in [4.69, 9.17) is 0 Å². The molecule has 3 rings (SSSR count). The average Bonchev–Trinajstić information content (AvgIpc) is 2.39. The summed E-state index contributed by atoms with van der Waals surface area (Å²) >= 11 is 0. The maximum atomic E-state index is 4.51. The molecule has 0 bridgehead atoms. The van der Waals surface area contributed by atoms with E-state index in [0.29, 0.717) is 0 Å². The highest BCUT2D eigenvalue weighted by atomic mass is 14.6. The number of aromatic nitrogens is 1. The molecule has 3 aromatic rings. The number of fused-ring (bicyclic) bond motifs is 3. The van der Waals surface area contributed by atoms with Crippen LogP contribution >= 0.6 is 0 Å². The van der Waals surface area contributed by atoms with Crippen molar-refractivity contribution in [1.82, 2.24) is 4.98 Å². The van der Waals surface area contributed by atoms with Gasteiger partial charge in [0.25, 0.3) is 0 Å². The molecule has 0 aliphatic heterocycles. The summed E-state index contributed by atoms with van der Waals surface area (Å²) in [4.78, 5) is 4.51. The van der Waals surface area contributed by atoms with Crippen LogP contribution < -0.4 is 0 Å². The van der Waals surface area contributed by atoms with E-state index in [9.17, 15) is 0 Å². The Labute approximate surface area is 101 Å². The van der Waals surface area contributed by atoms with Crippen molar-refractivity contribution >= 4 is 21.7 Å². The quantitative estimate of drug-likeness (QED) is 0.586. The molecule has 0 saturated carbocycles. The number of hydrogen-bond donors (Lipinski definition) is 0. The monoisotopic (exact) mass is 221 g/mol. The van der Waals surface area contributed by atoms with Crippen LogP contribution in [-0.2, 0) is 6.42 Å². The van der Waals surface area contributed by atoms with E-state index < -0.39 is 0 Å². The second kappa shape index (κ2) is 4.17. The van der Waals surface area contributed by atoms with Crippen LogP contribution in [0.3, 0.4) is 0 Å². The molecule has 0 saturated heterocycles. The molecule has 0 radical (unpaired) electrons. The summed E-state index contributed by atoms with van der Waals surface area (Å²) in [5.74, 6) is 0. The molecule has 0 unspecified atom stereocenters. The third-order valence-corrected chi connectivity index (χ3v) is 3.19. The molecule has 2 aromatic carbocycles. The van der Waals surface area contributed by atoms with Gasteiger partial charge in [0.1, 0.15) is 0 Å². The molecular formula is C16H15N. The van der Waals surface area contributed by atoms with Crippen LogP contribution in [0.15, 0.2) is 48.7 Å². The molecular weight excluding hydrogens is 206 g/mol. The second-order valence-electron chi connectivity index (χ2n) is 4.45. The molecule has 0 atom stereocenters. The lowest BCUT2D eigenvalue weighted by Gasteiger charge is -2.05. The highest BCUT2D eigenvalue weighted by molar-refractivity contribution is 6.05. The first kappa shape index (κ1) is 10.3. The minimum atomic E-state index is 1.09. The first-order valence-corrected chi connectivity index (χ1v) is 6.15. The molecule has 0 amide bonds. The van der Waals surface area contributed by atoms with Gasteiger partial charge in [0.15, 0.2) is 0 Å². The van der Waals surface area contributed by atoms with Crippen LogP contribution in [0.5, 0.6) is 0 Å². The molecule has 1 aromatic heterocycles. The molecule has 0 aliphatic rings. The zero-order valence-corrected chi connectivity index (χ0v) is 9.98. The lowest BCUT2D eigenvalue weighted by molar-refractivity contribution is 0.923. The lowest BCUT2D eigenvalue weighted by Crippen LogP contribution is -1.86. The van der Waals surface area contributed by atoms with Crippen molar-refractivity contribution < 1.29 is 0 Å². The van der Waals surface area contributed by atoms with Crippen LogP contribution in [0.25, 0.3) is 21.7 Å². The Bertz CT molecular complexity index is 670. The van der Waals surface area contributed by atoms with Crippen molar-refractivity contribution in [3.05, 3.63) is 54.2 Å². The fourth-order valence-electron chi connectivity index (χ4n) is 2.35. The summed E-state index contributed by atoms with van der Waals surface area (Å²) in [5.41, 5.74) is 2.49. The zero-order valence-electron chi connectivity index (χ0n) is 9.98. The van der Waals surface area contributed by atoms with Gasteiger partial charge in [-0.05, 0) is 29.5 Å². The SMILES string of the molecule is CCCc1ccc2ncc3ccccc3c2c1. The Hall–Kier alpha value is -1.89. The predicted octanol–water partition coefficient (Wildman–Crippen LogP) is 4.34. The third kappa shape index (κ3) is 1.78. The molecule has 84 valence electrons. The molecule has 0 N–H and O–H groups in total. The summed E-state index contributed by atoms with van der Waals surface area (Å²) in [6.07, 6.45) is 4.28. The van der Waals surface area contributed by atoms with Crippen LogP contribution in [0.4, 0.5) is 0 Å². The Morgan fingerprint density at radius 3 is 2.76 bits per heavy atom. The minimum absolute atomic E-state index is 1.09. The first-order chi connectivity index (χ1) is 8.38. The molecule has 1 heteroatoms. The normalized spacial score (nSPS) is 11.1. The van der Waals surface area contributed by atoms with Gasteiger partial charge in [-0.25, -0.2) is 0 Å². The van der Waals surface area contributed by atoms with Gasteiger partial charge in [-0.2, -0.15) is 0 Å². The first-order valence-electron chi connectivity index (χ1n) is 6.15.